The molecule has 5 nitrogen and oxygen atoms in total. The van der Waals surface area contributed by atoms with E-state index in [-0.39, 0.29) is 5.91 Å². The second-order valence-corrected chi connectivity index (χ2v) is 6.73. The Balaban J connectivity index is 1.56. The Hall–Kier alpha value is -1.95. The lowest BCUT2D eigenvalue weighted by Gasteiger charge is -2.31. The van der Waals surface area contributed by atoms with Gasteiger partial charge in [0, 0.05) is 13.1 Å². The third kappa shape index (κ3) is 3.69. The van der Waals surface area contributed by atoms with Crippen LogP contribution in [0.4, 0.5) is 0 Å². The molecule has 1 aliphatic heterocycles. The lowest BCUT2D eigenvalue weighted by atomic mass is 9.90. The highest BCUT2D eigenvalue weighted by Crippen LogP contribution is 2.25. The number of nitrogens with zero attached hydrogens (tertiary/aromatic N) is 3. The van der Waals surface area contributed by atoms with Crippen LogP contribution >= 0.6 is 11.5 Å². The average Bonchev–Trinajstić information content (AvgIpc) is 3.01. The fourth-order valence-electron chi connectivity index (χ4n) is 3.04. The van der Waals surface area contributed by atoms with E-state index in [4.69, 9.17) is 4.74 Å². The maximum absolute atomic E-state index is 12.5. The SMILES string of the molecule is COc1cccc(CC2CCN(C(=O)c3snnc3C)CC2)c1. The fourth-order valence-corrected chi connectivity index (χ4v) is 3.67. The number of piperidine rings is 1. The van der Waals surface area contributed by atoms with Gasteiger partial charge in [0.1, 0.15) is 10.6 Å². The molecule has 3 rings (SSSR count). The smallest absolute Gasteiger partial charge is 0.267 e. The standard InChI is InChI=1S/C17H21N3O2S/c1-12-16(23-19-18-12)17(21)20-8-6-13(7-9-20)10-14-4-3-5-15(11-14)22-2/h3-5,11,13H,6-10H2,1-2H3. The van der Waals surface area contributed by atoms with Crippen LogP contribution in [0.5, 0.6) is 5.75 Å². The van der Waals surface area contributed by atoms with E-state index < -0.39 is 0 Å². The van der Waals surface area contributed by atoms with Crippen molar-refractivity contribution in [1.82, 2.24) is 14.5 Å². The van der Waals surface area contributed by atoms with Gasteiger partial charge in [0.05, 0.1) is 12.8 Å². The van der Waals surface area contributed by atoms with E-state index in [0.29, 0.717) is 10.8 Å². The Kier molecular flexibility index (Phi) is 4.91. The third-order valence-corrected chi connectivity index (χ3v) is 5.22. The number of carbonyl (C=O) groups is 1. The quantitative estimate of drug-likeness (QED) is 0.864. The number of ether oxygens (including phenoxy) is 1. The zero-order valence-corrected chi connectivity index (χ0v) is 14.3. The zero-order chi connectivity index (χ0) is 16.2. The van der Waals surface area contributed by atoms with Gasteiger partial charge in [-0.2, -0.15) is 0 Å². The summed E-state index contributed by atoms with van der Waals surface area (Å²) in [5.41, 5.74) is 2.04. The number of carbonyl (C=O) groups excluding carboxylic acids is 1. The van der Waals surface area contributed by atoms with Crippen LogP contribution in [0.3, 0.4) is 0 Å². The lowest BCUT2D eigenvalue weighted by molar-refractivity contribution is 0.0694. The van der Waals surface area contributed by atoms with Crippen LogP contribution in [-0.2, 0) is 6.42 Å². The van der Waals surface area contributed by atoms with Crippen LogP contribution in [-0.4, -0.2) is 40.6 Å². The first-order valence-electron chi connectivity index (χ1n) is 7.88. The largest absolute Gasteiger partial charge is 0.497 e. The van der Waals surface area contributed by atoms with Crippen LogP contribution in [0.15, 0.2) is 24.3 Å². The van der Waals surface area contributed by atoms with Crippen molar-refractivity contribution in [3.63, 3.8) is 0 Å². The number of aryl methyl sites for hydroxylation is 1. The molecule has 0 radical (unpaired) electrons. The van der Waals surface area contributed by atoms with Gasteiger partial charge in [-0.05, 0) is 61.3 Å². The minimum Gasteiger partial charge on any atom is -0.497 e. The average molecular weight is 331 g/mol. The van der Waals surface area contributed by atoms with Crippen molar-refractivity contribution in [3.8, 4) is 5.75 Å². The van der Waals surface area contributed by atoms with E-state index in [1.165, 1.54) is 17.1 Å². The molecule has 0 saturated carbocycles. The normalized spacial score (nSPS) is 15.7. The monoisotopic (exact) mass is 331 g/mol. The first kappa shape index (κ1) is 15.9. The number of benzene rings is 1. The van der Waals surface area contributed by atoms with Crippen molar-refractivity contribution >= 4 is 17.4 Å². The van der Waals surface area contributed by atoms with E-state index in [1.807, 2.05) is 24.0 Å². The van der Waals surface area contributed by atoms with Gasteiger partial charge >= 0.3 is 0 Å². The molecule has 1 amide bonds. The number of hydrogen-bond acceptors (Lipinski definition) is 5. The minimum atomic E-state index is 0.0809. The van der Waals surface area contributed by atoms with Gasteiger partial charge in [-0.15, -0.1) is 5.10 Å². The summed E-state index contributed by atoms with van der Waals surface area (Å²) in [4.78, 5) is 15.1. The number of methoxy groups -OCH3 is 1. The molecular weight excluding hydrogens is 310 g/mol. The summed E-state index contributed by atoms with van der Waals surface area (Å²) in [7, 11) is 1.69. The maximum Gasteiger partial charge on any atom is 0.267 e. The third-order valence-electron chi connectivity index (χ3n) is 4.41. The highest BCUT2D eigenvalue weighted by atomic mass is 32.1. The van der Waals surface area contributed by atoms with Crippen molar-refractivity contribution in [1.29, 1.82) is 0 Å². The topological polar surface area (TPSA) is 55.3 Å². The second kappa shape index (κ2) is 7.08. The molecule has 122 valence electrons. The number of rotatable bonds is 4. The Morgan fingerprint density at radius 2 is 2.17 bits per heavy atom. The van der Waals surface area contributed by atoms with Crippen molar-refractivity contribution in [2.75, 3.05) is 20.2 Å². The summed E-state index contributed by atoms with van der Waals surface area (Å²) in [5.74, 6) is 1.60. The molecule has 1 aliphatic rings. The molecule has 0 spiro atoms. The van der Waals surface area contributed by atoms with E-state index in [0.717, 1.165) is 43.8 Å². The van der Waals surface area contributed by atoms with Crippen LogP contribution in [0.1, 0.15) is 33.8 Å². The molecule has 23 heavy (non-hydrogen) atoms. The van der Waals surface area contributed by atoms with E-state index in [1.54, 1.807) is 7.11 Å². The molecule has 0 unspecified atom stereocenters. The Labute approximate surface area is 140 Å². The molecule has 1 aromatic carbocycles. The van der Waals surface area contributed by atoms with Crippen LogP contribution < -0.4 is 4.74 Å². The van der Waals surface area contributed by atoms with Crippen LogP contribution in [0.25, 0.3) is 0 Å². The van der Waals surface area contributed by atoms with Gasteiger partial charge in [-0.1, -0.05) is 16.6 Å². The minimum absolute atomic E-state index is 0.0809. The van der Waals surface area contributed by atoms with E-state index in [9.17, 15) is 4.79 Å². The molecule has 0 N–H and O–H groups in total. The molecule has 1 fully saturated rings. The molecule has 2 heterocycles. The van der Waals surface area contributed by atoms with Crippen molar-refractivity contribution in [2.24, 2.45) is 5.92 Å². The highest BCUT2D eigenvalue weighted by Gasteiger charge is 2.26. The molecule has 0 aliphatic carbocycles. The zero-order valence-electron chi connectivity index (χ0n) is 13.5. The van der Waals surface area contributed by atoms with Crippen molar-refractivity contribution < 1.29 is 9.53 Å². The number of likely N-dealkylation sites (tertiary alicyclic amines) is 1. The molecular formula is C17H21N3O2S. The highest BCUT2D eigenvalue weighted by molar-refractivity contribution is 7.07. The van der Waals surface area contributed by atoms with E-state index in [2.05, 4.69) is 21.7 Å². The van der Waals surface area contributed by atoms with Crippen molar-refractivity contribution in [3.05, 3.63) is 40.4 Å². The van der Waals surface area contributed by atoms with Gasteiger partial charge in [-0.3, -0.25) is 4.79 Å². The molecule has 1 saturated heterocycles. The van der Waals surface area contributed by atoms with Crippen LogP contribution in [0, 0.1) is 12.8 Å². The molecule has 1 aromatic heterocycles. The van der Waals surface area contributed by atoms with Crippen LogP contribution in [0.2, 0.25) is 0 Å². The first-order valence-corrected chi connectivity index (χ1v) is 8.66. The summed E-state index contributed by atoms with van der Waals surface area (Å²) < 4.78 is 9.14. The Morgan fingerprint density at radius 3 is 2.83 bits per heavy atom. The van der Waals surface area contributed by atoms with Gasteiger partial charge < -0.3 is 9.64 Å². The number of amides is 1. The summed E-state index contributed by atoms with van der Waals surface area (Å²) in [5, 5.41) is 3.93. The number of hydrogen-bond donors (Lipinski definition) is 0. The molecule has 0 bridgehead atoms. The van der Waals surface area contributed by atoms with Gasteiger partial charge in [0.15, 0.2) is 0 Å². The Morgan fingerprint density at radius 1 is 1.39 bits per heavy atom. The Bertz CT molecular complexity index is 678. The van der Waals surface area contributed by atoms with E-state index >= 15 is 0 Å². The van der Waals surface area contributed by atoms with Gasteiger partial charge in [0.25, 0.3) is 5.91 Å². The molecule has 2 aromatic rings. The lowest BCUT2D eigenvalue weighted by Crippen LogP contribution is -2.38. The summed E-state index contributed by atoms with van der Waals surface area (Å²) in [6, 6.07) is 8.25. The predicted molar refractivity (Wildman–Crippen MR) is 90.0 cm³/mol. The summed E-state index contributed by atoms with van der Waals surface area (Å²) in [6.07, 6.45) is 3.11. The second-order valence-electron chi connectivity index (χ2n) is 5.98. The summed E-state index contributed by atoms with van der Waals surface area (Å²) in [6.45, 7) is 3.46. The molecule has 0 atom stereocenters. The summed E-state index contributed by atoms with van der Waals surface area (Å²) >= 11 is 1.19. The predicted octanol–water partition coefficient (Wildman–Crippen LogP) is 2.95. The van der Waals surface area contributed by atoms with Gasteiger partial charge in [-0.25, -0.2) is 0 Å². The molecule has 6 heteroatoms. The first-order chi connectivity index (χ1) is 11.2. The fraction of sp³-hybridized carbons (Fsp3) is 0.471. The van der Waals surface area contributed by atoms with Gasteiger partial charge in [0.2, 0.25) is 0 Å². The van der Waals surface area contributed by atoms with Crippen molar-refractivity contribution in [2.45, 2.75) is 26.2 Å². The number of aromatic nitrogens is 2. The maximum atomic E-state index is 12.5.